The van der Waals surface area contributed by atoms with Crippen LogP contribution in [0.25, 0.3) is 0 Å². The third-order valence-electron chi connectivity index (χ3n) is 2.80. The Kier molecular flexibility index (Phi) is 4.45. The number of pyridine rings is 1. The largest absolute Gasteiger partial charge is 0.306 e. The minimum Gasteiger partial charge on any atom is -0.306 e. The first-order chi connectivity index (χ1) is 9.13. The molecule has 5 heteroatoms. The van der Waals surface area contributed by atoms with Crippen LogP contribution in [0.1, 0.15) is 24.1 Å². The number of nitrogens with zero attached hydrogens (tertiary/aromatic N) is 1. The van der Waals surface area contributed by atoms with Gasteiger partial charge in [0.2, 0.25) is 0 Å². The predicted octanol–water partition coefficient (Wildman–Crippen LogP) is 3.71. The van der Waals surface area contributed by atoms with Crippen LogP contribution in [0.4, 0.5) is 8.78 Å². The van der Waals surface area contributed by atoms with E-state index in [0.717, 1.165) is 6.20 Å². The molecule has 1 aromatic heterocycles. The van der Waals surface area contributed by atoms with Gasteiger partial charge in [-0.1, -0.05) is 24.6 Å². The second-order valence-corrected chi connectivity index (χ2v) is 4.47. The monoisotopic (exact) mass is 282 g/mol. The molecule has 1 unspecified atom stereocenters. The molecule has 2 rings (SSSR count). The van der Waals surface area contributed by atoms with E-state index in [4.69, 9.17) is 11.6 Å². The van der Waals surface area contributed by atoms with Crippen LogP contribution >= 0.6 is 11.6 Å². The van der Waals surface area contributed by atoms with Gasteiger partial charge in [-0.3, -0.25) is 4.98 Å². The third-order valence-corrected chi connectivity index (χ3v) is 3.09. The van der Waals surface area contributed by atoms with Gasteiger partial charge in [-0.15, -0.1) is 0 Å². The summed E-state index contributed by atoms with van der Waals surface area (Å²) in [6.07, 6.45) is 2.68. The van der Waals surface area contributed by atoms with E-state index in [1.807, 2.05) is 6.92 Å². The highest BCUT2D eigenvalue weighted by molar-refractivity contribution is 6.30. The van der Waals surface area contributed by atoms with Crippen molar-refractivity contribution < 1.29 is 8.78 Å². The summed E-state index contributed by atoms with van der Waals surface area (Å²) in [6.45, 7) is 2.55. The van der Waals surface area contributed by atoms with Gasteiger partial charge in [0.05, 0.1) is 17.3 Å². The quantitative estimate of drug-likeness (QED) is 0.925. The molecule has 0 amide bonds. The van der Waals surface area contributed by atoms with Crippen LogP contribution < -0.4 is 5.32 Å². The lowest BCUT2D eigenvalue weighted by Gasteiger charge is -2.19. The zero-order chi connectivity index (χ0) is 13.8. The van der Waals surface area contributed by atoms with Crippen molar-refractivity contribution in [2.24, 2.45) is 0 Å². The third kappa shape index (κ3) is 3.08. The highest BCUT2D eigenvalue weighted by Gasteiger charge is 2.18. The lowest BCUT2D eigenvalue weighted by atomic mass is 9.99. The lowest BCUT2D eigenvalue weighted by molar-refractivity contribution is 0.553. The molecule has 0 aliphatic rings. The fourth-order valence-electron chi connectivity index (χ4n) is 1.92. The number of rotatable bonds is 4. The molecular formula is C14H13ClF2N2. The van der Waals surface area contributed by atoms with Gasteiger partial charge < -0.3 is 5.32 Å². The second-order valence-electron chi connectivity index (χ2n) is 4.06. The first-order valence-electron chi connectivity index (χ1n) is 5.91. The van der Waals surface area contributed by atoms with Crippen molar-refractivity contribution in [2.45, 2.75) is 13.0 Å². The maximum atomic E-state index is 13.8. The summed E-state index contributed by atoms with van der Waals surface area (Å²) in [5.41, 5.74) is 1.16. The zero-order valence-electron chi connectivity index (χ0n) is 10.3. The Hall–Kier alpha value is -1.52. The van der Waals surface area contributed by atoms with Gasteiger partial charge in [-0.05, 0) is 30.3 Å². The molecule has 0 fully saturated rings. The minimum absolute atomic E-state index is 0.0230. The smallest absolute Gasteiger partial charge is 0.146 e. The number of benzene rings is 1. The average molecular weight is 283 g/mol. The Bertz CT molecular complexity index is 575. The summed E-state index contributed by atoms with van der Waals surface area (Å²) in [5, 5.41) is 3.18. The van der Waals surface area contributed by atoms with E-state index in [-0.39, 0.29) is 11.1 Å². The predicted molar refractivity (Wildman–Crippen MR) is 71.1 cm³/mol. The van der Waals surface area contributed by atoms with Gasteiger partial charge in [0.1, 0.15) is 11.6 Å². The molecule has 0 saturated carbocycles. The van der Waals surface area contributed by atoms with E-state index in [9.17, 15) is 8.78 Å². The topological polar surface area (TPSA) is 24.9 Å². The summed E-state index contributed by atoms with van der Waals surface area (Å²) in [7, 11) is 0. The Morgan fingerprint density at radius 1 is 1.26 bits per heavy atom. The van der Waals surface area contributed by atoms with Crippen LogP contribution in [0.3, 0.4) is 0 Å². The molecule has 0 aliphatic carbocycles. The number of nitrogens with one attached hydrogen (secondary N) is 1. The van der Waals surface area contributed by atoms with Crippen molar-refractivity contribution >= 4 is 11.6 Å². The van der Waals surface area contributed by atoms with Crippen LogP contribution in [0.2, 0.25) is 5.02 Å². The zero-order valence-corrected chi connectivity index (χ0v) is 11.1. The molecule has 1 aromatic carbocycles. The van der Waals surface area contributed by atoms with Crippen molar-refractivity contribution in [3.05, 3.63) is 64.4 Å². The SMILES string of the molecule is CCNC(c1ccc(F)c(Cl)c1)c1ccncc1F. The van der Waals surface area contributed by atoms with Crippen LogP contribution in [-0.2, 0) is 0 Å². The Morgan fingerprint density at radius 3 is 2.68 bits per heavy atom. The molecule has 19 heavy (non-hydrogen) atoms. The summed E-state index contributed by atoms with van der Waals surface area (Å²) in [5.74, 6) is -0.898. The molecule has 2 nitrogen and oxygen atoms in total. The van der Waals surface area contributed by atoms with E-state index < -0.39 is 11.6 Å². The van der Waals surface area contributed by atoms with Gasteiger partial charge in [0.15, 0.2) is 0 Å². The Balaban J connectivity index is 2.45. The molecule has 0 saturated heterocycles. The normalized spacial score (nSPS) is 12.4. The fraction of sp³-hybridized carbons (Fsp3) is 0.214. The summed E-state index contributed by atoms with van der Waals surface area (Å²) in [6, 6.07) is 5.59. The van der Waals surface area contributed by atoms with E-state index in [2.05, 4.69) is 10.3 Å². The van der Waals surface area contributed by atoms with Crippen molar-refractivity contribution in [1.29, 1.82) is 0 Å². The van der Waals surface area contributed by atoms with Crippen molar-refractivity contribution in [2.75, 3.05) is 6.54 Å². The molecule has 0 radical (unpaired) electrons. The van der Waals surface area contributed by atoms with E-state index in [1.165, 1.54) is 18.3 Å². The standard InChI is InChI=1S/C14H13ClF2N2/c1-2-19-14(10-5-6-18-8-13(10)17)9-3-4-12(16)11(15)7-9/h3-8,14,19H,2H2,1H3. The maximum Gasteiger partial charge on any atom is 0.146 e. The summed E-state index contributed by atoms with van der Waals surface area (Å²) < 4.78 is 27.0. The highest BCUT2D eigenvalue weighted by Crippen LogP contribution is 2.27. The van der Waals surface area contributed by atoms with Crippen LogP contribution in [-0.4, -0.2) is 11.5 Å². The molecule has 1 atom stereocenters. The van der Waals surface area contributed by atoms with Crippen molar-refractivity contribution in [3.8, 4) is 0 Å². The molecule has 2 aromatic rings. The van der Waals surface area contributed by atoms with Crippen LogP contribution in [0, 0.1) is 11.6 Å². The number of hydrogen-bond acceptors (Lipinski definition) is 2. The first-order valence-corrected chi connectivity index (χ1v) is 6.29. The molecule has 1 N–H and O–H groups in total. The first kappa shape index (κ1) is 13.9. The summed E-state index contributed by atoms with van der Waals surface area (Å²) in [4.78, 5) is 3.72. The van der Waals surface area contributed by atoms with Gasteiger partial charge in [-0.2, -0.15) is 0 Å². The van der Waals surface area contributed by atoms with E-state index in [1.54, 1.807) is 12.1 Å². The fourth-order valence-corrected chi connectivity index (χ4v) is 2.11. The number of aromatic nitrogens is 1. The van der Waals surface area contributed by atoms with Crippen LogP contribution in [0.15, 0.2) is 36.7 Å². The van der Waals surface area contributed by atoms with E-state index >= 15 is 0 Å². The second kappa shape index (κ2) is 6.08. The van der Waals surface area contributed by atoms with Crippen molar-refractivity contribution in [3.63, 3.8) is 0 Å². The van der Waals surface area contributed by atoms with Crippen LogP contribution in [0.5, 0.6) is 0 Å². The van der Waals surface area contributed by atoms with Gasteiger partial charge >= 0.3 is 0 Å². The number of halogens is 3. The Morgan fingerprint density at radius 2 is 2.05 bits per heavy atom. The molecule has 0 aliphatic heterocycles. The highest BCUT2D eigenvalue weighted by atomic mass is 35.5. The van der Waals surface area contributed by atoms with Gasteiger partial charge in [0, 0.05) is 11.8 Å². The minimum atomic E-state index is -0.490. The molecular weight excluding hydrogens is 270 g/mol. The molecule has 1 heterocycles. The molecule has 100 valence electrons. The maximum absolute atomic E-state index is 13.8. The molecule has 0 bridgehead atoms. The Labute approximate surface area is 115 Å². The number of hydrogen-bond donors (Lipinski definition) is 1. The molecule has 0 spiro atoms. The van der Waals surface area contributed by atoms with Gasteiger partial charge in [0.25, 0.3) is 0 Å². The van der Waals surface area contributed by atoms with Crippen molar-refractivity contribution in [1.82, 2.24) is 10.3 Å². The van der Waals surface area contributed by atoms with E-state index in [0.29, 0.717) is 17.7 Å². The lowest BCUT2D eigenvalue weighted by Crippen LogP contribution is -2.23. The average Bonchev–Trinajstić information content (AvgIpc) is 2.40. The summed E-state index contributed by atoms with van der Waals surface area (Å²) >= 11 is 5.78. The van der Waals surface area contributed by atoms with Gasteiger partial charge in [-0.25, -0.2) is 8.78 Å².